The minimum atomic E-state index is -1.15. The zero-order valence-corrected chi connectivity index (χ0v) is 7.48. The molecule has 0 aromatic heterocycles. The Morgan fingerprint density at radius 3 is 2.46 bits per heavy atom. The van der Waals surface area contributed by atoms with Crippen molar-refractivity contribution in [2.75, 3.05) is 0 Å². The molecule has 0 amide bonds. The van der Waals surface area contributed by atoms with Crippen LogP contribution in [0.25, 0.3) is 0 Å². The molecular formula is C9H12O4. The Kier molecular flexibility index (Phi) is 2.17. The molecule has 1 aliphatic rings. The quantitative estimate of drug-likeness (QED) is 0.564. The maximum atomic E-state index is 10.5. The molecule has 72 valence electrons. The van der Waals surface area contributed by atoms with E-state index in [1.807, 2.05) is 0 Å². The second-order valence-corrected chi connectivity index (χ2v) is 3.62. The SMILES string of the molecule is CC1(C)C(O)=CC(C(=O)O)=CC1O. The summed E-state index contributed by atoms with van der Waals surface area (Å²) in [6.07, 6.45) is 1.42. The molecule has 1 rings (SSSR count). The summed E-state index contributed by atoms with van der Waals surface area (Å²) in [4.78, 5) is 10.5. The van der Waals surface area contributed by atoms with Gasteiger partial charge in [0, 0.05) is 0 Å². The molecule has 3 N–H and O–H groups in total. The largest absolute Gasteiger partial charge is 0.512 e. The third-order valence-electron chi connectivity index (χ3n) is 2.28. The van der Waals surface area contributed by atoms with Crippen molar-refractivity contribution < 1.29 is 20.1 Å². The molecule has 0 aliphatic heterocycles. The highest BCUT2D eigenvalue weighted by molar-refractivity contribution is 5.90. The van der Waals surface area contributed by atoms with Gasteiger partial charge in [0.2, 0.25) is 0 Å². The average Bonchev–Trinajstić information content (AvgIpc) is 2.00. The molecular weight excluding hydrogens is 172 g/mol. The van der Waals surface area contributed by atoms with Gasteiger partial charge in [-0.2, -0.15) is 0 Å². The fourth-order valence-corrected chi connectivity index (χ4v) is 1.04. The number of aliphatic carboxylic acids is 1. The van der Waals surface area contributed by atoms with Crippen molar-refractivity contribution in [1.82, 2.24) is 0 Å². The maximum Gasteiger partial charge on any atom is 0.335 e. The molecule has 0 saturated heterocycles. The third-order valence-corrected chi connectivity index (χ3v) is 2.28. The number of rotatable bonds is 1. The Labute approximate surface area is 75.8 Å². The van der Waals surface area contributed by atoms with E-state index in [1.54, 1.807) is 13.8 Å². The highest BCUT2D eigenvalue weighted by Crippen LogP contribution is 2.34. The standard InChI is InChI=1S/C9H12O4/c1-9(2)6(10)3-5(8(12)13)4-7(9)11/h3-4,6,10-11H,1-2H3,(H,12,13). The van der Waals surface area contributed by atoms with Crippen molar-refractivity contribution in [2.24, 2.45) is 5.41 Å². The van der Waals surface area contributed by atoms with Crippen molar-refractivity contribution in [1.29, 1.82) is 0 Å². The normalized spacial score (nSPS) is 26.2. The van der Waals surface area contributed by atoms with Crippen LogP contribution < -0.4 is 0 Å². The van der Waals surface area contributed by atoms with Gasteiger partial charge in [0.05, 0.1) is 17.1 Å². The summed E-state index contributed by atoms with van der Waals surface area (Å²) in [5, 5.41) is 27.5. The average molecular weight is 184 g/mol. The molecule has 0 aromatic rings. The van der Waals surface area contributed by atoms with Crippen molar-refractivity contribution in [2.45, 2.75) is 20.0 Å². The van der Waals surface area contributed by atoms with Crippen LogP contribution in [0.3, 0.4) is 0 Å². The van der Waals surface area contributed by atoms with Crippen LogP contribution in [0.5, 0.6) is 0 Å². The zero-order valence-electron chi connectivity index (χ0n) is 7.48. The van der Waals surface area contributed by atoms with Crippen LogP contribution in [0.4, 0.5) is 0 Å². The number of hydrogen-bond acceptors (Lipinski definition) is 3. The van der Waals surface area contributed by atoms with Gasteiger partial charge in [0.1, 0.15) is 5.76 Å². The first-order chi connectivity index (χ1) is 5.85. The van der Waals surface area contributed by atoms with Gasteiger partial charge in [-0.25, -0.2) is 4.79 Å². The molecule has 0 fully saturated rings. The topological polar surface area (TPSA) is 77.8 Å². The number of carboxylic acids is 1. The fourth-order valence-electron chi connectivity index (χ4n) is 1.04. The second kappa shape index (κ2) is 2.88. The van der Waals surface area contributed by atoms with Crippen molar-refractivity contribution >= 4 is 5.97 Å². The lowest BCUT2D eigenvalue weighted by molar-refractivity contribution is -0.132. The molecule has 0 spiro atoms. The lowest BCUT2D eigenvalue weighted by Crippen LogP contribution is -2.33. The summed E-state index contributed by atoms with van der Waals surface area (Å²) in [6.45, 7) is 3.28. The van der Waals surface area contributed by atoms with E-state index < -0.39 is 17.5 Å². The Bertz CT molecular complexity index is 299. The van der Waals surface area contributed by atoms with Gasteiger partial charge in [-0.15, -0.1) is 0 Å². The van der Waals surface area contributed by atoms with E-state index in [-0.39, 0.29) is 11.3 Å². The number of hydrogen-bond donors (Lipinski definition) is 3. The fraction of sp³-hybridized carbons (Fsp3) is 0.444. The van der Waals surface area contributed by atoms with Gasteiger partial charge in [-0.05, 0) is 26.0 Å². The van der Waals surface area contributed by atoms with Gasteiger partial charge in [0.25, 0.3) is 0 Å². The summed E-state index contributed by atoms with van der Waals surface area (Å²) in [6, 6.07) is 0. The Hall–Kier alpha value is -1.29. The Morgan fingerprint density at radius 2 is 2.08 bits per heavy atom. The molecule has 0 saturated carbocycles. The third kappa shape index (κ3) is 1.58. The van der Waals surface area contributed by atoms with Gasteiger partial charge in [-0.3, -0.25) is 0 Å². The van der Waals surface area contributed by atoms with Gasteiger partial charge < -0.3 is 15.3 Å². The highest BCUT2D eigenvalue weighted by Gasteiger charge is 2.35. The summed E-state index contributed by atoms with van der Waals surface area (Å²) in [5.74, 6) is -1.26. The molecule has 0 aromatic carbocycles. The number of aliphatic hydroxyl groups is 2. The van der Waals surface area contributed by atoms with Crippen molar-refractivity contribution in [3.05, 3.63) is 23.5 Å². The molecule has 1 atom stereocenters. The van der Waals surface area contributed by atoms with Crippen LogP contribution in [0, 0.1) is 5.41 Å². The van der Waals surface area contributed by atoms with E-state index in [0.717, 1.165) is 6.08 Å². The summed E-state index contributed by atoms with van der Waals surface area (Å²) in [5.41, 5.74) is -0.886. The molecule has 0 heterocycles. The summed E-state index contributed by atoms with van der Waals surface area (Å²) in [7, 11) is 0. The van der Waals surface area contributed by atoms with E-state index in [0.29, 0.717) is 0 Å². The van der Waals surface area contributed by atoms with E-state index in [2.05, 4.69) is 0 Å². The monoisotopic (exact) mass is 184 g/mol. The minimum Gasteiger partial charge on any atom is -0.512 e. The molecule has 13 heavy (non-hydrogen) atoms. The van der Waals surface area contributed by atoms with Crippen molar-refractivity contribution in [3.8, 4) is 0 Å². The van der Waals surface area contributed by atoms with E-state index in [4.69, 9.17) is 5.11 Å². The predicted octanol–water partition coefficient (Wildman–Crippen LogP) is 0.840. The first-order valence-electron chi connectivity index (χ1n) is 3.90. The number of carboxylic acid groups (broad SMARTS) is 1. The van der Waals surface area contributed by atoms with Gasteiger partial charge in [-0.1, -0.05) is 0 Å². The number of carbonyl (C=O) groups is 1. The summed E-state index contributed by atoms with van der Waals surface area (Å²) >= 11 is 0. The number of aliphatic hydroxyl groups excluding tert-OH is 2. The first-order valence-corrected chi connectivity index (χ1v) is 3.90. The lowest BCUT2D eigenvalue weighted by atomic mass is 9.79. The lowest BCUT2D eigenvalue weighted by Gasteiger charge is -2.30. The smallest absolute Gasteiger partial charge is 0.335 e. The van der Waals surface area contributed by atoms with Gasteiger partial charge in [0.15, 0.2) is 0 Å². The predicted molar refractivity (Wildman–Crippen MR) is 46.2 cm³/mol. The molecule has 1 aliphatic carbocycles. The van der Waals surface area contributed by atoms with Crippen LogP contribution in [0.2, 0.25) is 0 Å². The van der Waals surface area contributed by atoms with E-state index in [1.165, 1.54) is 6.08 Å². The molecule has 1 unspecified atom stereocenters. The minimum absolute atomic E-state index is 0.0793. The second-order valence-electron chi connectivity index (χ2n) is 3.62. The molecule has 0 radical (unpaired) electrons. The van der Waals surface area contributed by atoms with Crippen LogP contribution >= 0.6 is 0 Å². The van der Waals surface area contributed by atoms with Crippen LogP contribution in [-0.2, 0) is 4.79 Å². The highest BCUT2D eigenvalue weighted by atomic mass is 16.4. The van der Waals surface area contributed by atoms with E-state index in [9.17, 15) is 15.0 Å². The van der Waals surface area contributed by atoms with Crippen LogP contribution in [-0.4, -0.2) is 27.4 Å². The molecule has 4 nitrogen and oxygen atoms in total. The van der Waals surface area contributed by atoms with Crippen LogP contribution in [0.1, 0.15) is 13.8 Å². The zero-order chi connectivity index (χ0) is 10.2. The first kappa shape index (κ1) is 9.80. The van der Waals surface area contributed by atoms with Gasteiger partial charge >= 0.3 is 5.97 Å². The summed E-state index contributed by atoms with van der Waals surface area (Å²) < 4.78 is 0. The molecule has 4 heteroatoms. The Morgan fingerprint density at radius 1 is 1.54 bits per heavy atom. The van der Waals surface area contributed by atoms with Crippen molar-refractivity contribution in [3.63, 3.8) is 0 Å². The van der Waals surface area contributed by atoms with E-state index >= 15 is 0 Å². The maximum absolute atomic E-state index is 10.5. The molecule has 0 bridgehead atoms. The Balaban J connectivity index is 3.07. The van der Waals surface area contributed by atoms with Crippen LogP contribution in [0.15, 0.2) is 23.5 Å².